The summed E-state index contributed by atoms with van der Waals surface area (Å²) in [6.45, 7) is 0.133. The smallest absolute Gasteiger partial charge is 0.330 e. The second-order valence-corrected chi connectivity index (χ2v) is 5.16. The number of benzene rings is 2. The first-order chi connectivity index (χ1) is 12.0. The quantitative estimate of drug-likeness (QED) is 0.273. The zero-order valence-electron chi connectivity index (χ0n) is 13.7. The lowest BCUT2D eigenvalue weighted by molar-refractivity contribution is -0.384. The van der Waals surface area contributed by atoms with Crippen LogP contribution in [0, 0.1) is 10.1 Å². The Morgan fingerprint density at radius 2 is 1.96 bits per heavy atom. The Bertz CT molecular complexity index is 785. The molecule has 0 atom stereocenters. The summed E-state index contributed by atoms with van der Waals surface area (Å²) in [7, 11) is 1.58. The molecule has 0 bridgehead atoms. The van der Waals surface area contributed by atoms with Gasteiger partial charge in [-0.2, -0.15) is 0 Å². The van der Waals surface area contributed by atoms with Crippen LogP contribution in [0.5, 0.6) is 5.75 Å². The van der Waals surface area contributed by atoms with Gasteiger partial charge < -0.3 is 15.2 Å². The van der Waals surface area contributed by atoms with Crippen molar-refractivity contribution >= 4 is 23.4 Å². The summed E-state index contributed by atoms with van der Waals surface area (Å²) in [5.74, 6) is 0.261. The summed E-state index contributed by atoms with van der Waals surface area (Å²) in [5, 5.41) is 10.7. The first-order valence-electron chi connectivity index (χ1n) is 7.51. The summed E-state index contributed by atoms with van der Waals surface area (Å²) in [5.41, 5.74) is 7.54. The average Bonchev–Trinajstić information content (AvgIpc) is 2.61. The number of hydrogen-bond acceptors (Lipinski definition) is 6. The standard InChI is InChI=1S/C18H18N2O5/c1-24-16-7-2-13(3-8-16)4-9-18(21)25-11-10-14-5-6-15(20(22)23)12-17(14)19/h2-9,12H,10-11,19H2,1H3/b9-4+. The number of esters is 1. The van der Waals surface area contributed by atoms with Gasteiger partial charge in [0.05, 0.1) is 18.6 Å². The van der Waals surface area contributed by atoms with Crippen LogP contribution in [0.2, 0.25) is 0 Å². The minimum absolute atomic E-state index is 0.0688. The summed E-state index contributed by atoms with van der Waals surface area (Å²) >= 11 is 0. The normalized spacial score (nSPS) is 10.6. The van der Waals surface area contributed by atoms with E-state index < -0.39 is 10.9 Å². The van der Waals surface area contributed by atoms with Gasteiger partial charge in [0.1, 0.15) is 5.75 Å². The SMILES string of the molecule is COc1ccc(/C=C/C(=O)OCCc2ccc([N+](=O)[O-])cc2N)cc1. The second kappa shape index (κ2) is 8.49. The van der Waals surface area contributed by atoms with E-state index in [1.165, 1.54) is 18.2 Å². The number of nitro benzene ring substituents is 1. The largest absolute Gasteiger partial charge is 0.497 e. The first-order valence-corrected chi connectivity index (χ1v) is 7.51. The molecule has 2 aromatic rings. The molecule has 7 heteroatoms. The van der Waals surface area contributed by atoms with E-state index in [2.05, 4.69) is 0 Å². The summed E-state index contributed by atoms with van der Waals surface area (Å²) < 4.78 is 10.2. The van der Waals surface area contributed by atoms with E-state index in [1.54, 1.807) is 31.4 Å². The molecule has 0 unspecified atom stereocenters. The average molecular weight is 342 g/mol. The fourth-order valence-corrected chi connectivity index (χ4v) is 2.11. The molecule has 0 aliphatic rings. The highest BCUT2D eigenvalue weighted by atomic mass is 16.6. The maximum Gasteiger partial charge on any atom is 0.330 e. The van der Waals surface area contributed by atoms with Crippen molar-refractivity contribution in [2.75, 3.05) is 19.5 Å². The number of non-ortho nitro benzene ring substituents is 1. The lowest BCUT2D eigenvalue weighted by Crippen LogP contribution is -2.06. The van der Waals surface area contributed by atoms with E-state index in [-0.39, 0.29) is 12.3 Å². The molecular formula is C18H18N2O5. The molecule has 0 saturated carbocycles. The molecule has 0 heterocycles. The molecule has 0 saturated heterocycles. The molecule has 2 rings (SSSR count). The van der Waals surface area contributed by atoms with E-state index in [4.69, 9.17) is 15.2 Å². The second-order valence-electron chi connectivity index (χ2n) is 5.16. The molecular weight excluding hydrogens is 324 g/mol. The van der Waals surface area contributed by atoms with Gasteiger partial charge >= 0.3 is 5.97 Å². The van der Waals surface area contributed by atoms with Gasteiger partial charge in [0.2, 0.25) is 0 Å². The fraction of sp³-hybridized carbons (Fsp3) is 0.167. The molecule has 130 valence electrons. The van der Waals surface area contributed by atoms with Crippen molar-refractivity contribution in [1.82, 2.24) is 0 Å². The van der Waals surface area contributed by atoms with Crippen LogP contribution in [-0.4, -0.2) is 24.6 Å². The third kappa shape index (κ3) is 5.35. The number of anilines is 1. The van der Waals surface area contributed by atoms with E-state index in [9.17, 15) is 14.9 Å². The van der Waals surface area contributed by atoms with E-state index >= 15 is 0 Å². The molecule has 0 aliphatic carbocycles. The van der Waals surface area contributed by atoms with E-state index in [0.29, 0.717) is 17.7 Å². The van der Waals surface area contributed by atoms with Gasteiger partial charge in [-0.25, -0.2) is 4.79 Å². The highest BCUT2D eigenvalue weighted by Gasteiger charge is 2.09. The topological polar surface area (TPSA) is 105 Å². The highest BCUT2D eigenvalue weighted by Crippen LogP contribution is 2.20. The van der Waals surface area contributed by atoms with Gasteiger partial charge in [0, 0.05) is 30.3 Å². The number of nitrogen functional groups attached to an aromatic ring is 1. The van der Waals surface area contributed by atoms with Gasteiger partial charge in [-0.1, -0.05) is 18.2 Å². The van der Waals surface area contributed by atoms with Crippen LogP contribution in [0.15, 0.2) is 48.5 Å². The lowest BCUT2D eigenvalue weighted by Gasteiger charge is -2.06. The number of nitrogens with zero attached hydrogens (tertiary/aromatic N) is 1. The Balaban J connectivity index is 1.83. The van der Waals surface area contributed by atoms with Crippen molar-refractivity contribution in [3.05, 3.63) is 69.8 Å². The number of ether oxygens (including phenoxy) is 2. The number of nitro groups is 1. The molecule has 25 heavy (non-hydrogen) atoms. The van der Waals surface area contributed by atoms with Crippen molar-refractivity contribution in [2.24, 2.45) is 0 Å². The lowest BCUT2D eigenvalue weighted by atomic mass is 10.1. The molecule has 2 aromatic carbocycles. The maximum atomic E-state index is 11.7. The van der Waals surface area contributed by atoms with Crippen molar-refractivity contribution in [2.45, 2.75) is 6.42 Å². The molecule has 7 nitrogen and oxygen atoms in total. The first kappa shape index (κ1) is 18.0. The summed E-state index contributed by atoms with van der Waals surface area (Å²) in [4.78, 5) is 21.9. The maximum absolute atomic E-state index is 11.7. The third-order valence-corrected chi connectivity index (χ3v) is 3.48. The minimum Gasteiger partial charge on any atom is -0.497 e. The van der Waals surface area contributed by atoms with Crippen LogP contribution in [0.4, 0.5) is 11.4 Å². The number of rotatable bonds is 7. The van der Waals surface area contributed by atoms with Crippen molar-refractivity contribution in [3.8, 4) is 5.75 Å². The van der Waals surface area contributed by atoms with Gasteiger partial charge in [-0.15, -0.1) is 0 Å². The molecule has 0 radical (unpaired) electrons. The Morgan fingerprint density at radius 1 is 1.24 bits per heavy atom. The Labute approximate surface area is 144 Å². The fourth-order valence-electron chi connectivity index (χ4n) is 2.11. The monoisotopic (exact) mass is 342 g/mol. The van der Waals surface area contributed by atoms with Gasteiger partial charge in [-0.3, -0.25) is 10.1 Å². The van der Waals surface area contributed by atoms with Gasteiger partial charge in [-0.05, 0) is 29.3 Å². The van der Waals surface area contributed by atoms with Gasteiger partial charge in [0.15, 0.2) is 0 Å². The third-order valence-electron chi connectivity index (χ3n) is 3.48. The number of nitrogens with two attached hydrogens (primary N) is 1. The van der Waals surface area contributed by atoms with E-state index in [1.807, 2.05) is 12.1 Å². The molecule has 0 aromatic heterocycles. The van der Waals surface area contributed by atoms with Crippen LogP contribution in [-0.2, 0) is 16.0 Å². The van der Waals surface area contributed by atoms with Gasteiger partial charge in [0.25, 0.3) is 5.69 Å². The number of methoxy groups -OCH3 is 1. The Hall–Kier alpha value is -3.35. The van der Waals surface area contributed by atoms with Crippen LogP contribution in [0.3, 0.4) is 0 Å². The molecule has 0 fully saturated rings. The van der Waals surface area contributed by atoms with Crippen LogP contribution in [0.25, 0.3) is 6.08 Å². The van der Waals surface area contributed by atoms with Crippen LogP contribution < -0.4 is 10.5 Å². The predicted octanol–water partition coefficient (Wildman–Crippen LogP) is 2.98. The van der Waals surface area contributed by atoms with Crippen molar-refractivity contribution in [1.29, 1.82) is 0 Å². The molecule has 2 N–H and O–H groups in total. The minimum atomic E-state index is -0.510. The molecule has 0 amide bonds. The zero-order valence-corrected chi connectivity index (χ0v) is 13.7. The number of carbonyl (C=O) groups is 1. The predicted molar refractivity (Wildman–Crippen MR) is 94.2 cm³/mol. The van der Waals surface area contributed by atoms with Crippen LogP contribution in [0.1, 0.15) is 11.1 Å². The van der Waals surface area contributed by atoms with E-state index in [0.717, 1.165) is 11.3 Å². The van der Waals surface area contributed by atoms with Crippen molar-refractivity contribution < 1.29 is 19.2 Å². The highest BCUT2D eigenvalue weighted by molar-refractivity contribution is 5.87. The Kier molecular flexibility index (Phi) is 6.11. The molecule has 0 aliphatic heterocycles. The zero-order chi connectivity index (χ0) is 18.2. The number of carbonyl (C=O) groups excluding carboxylic acids is 1. The Morgan fingerprint density at radius 3 is 2.56 bits per heavy atom. The molecule has 0 spiro atoms. The summed E-state index contributed by atoms with van der Waals surface area (Å²) in [6.07, 6.45) is 3.36. The van der Waals surface area contributed by atoms with Crippen LogP contribution >= 0.6 is 0 Å². The summed E-state index contributed by atoms with van der Waals surface area (Å²) in [6, 6.07) is 11.5. The number of hydrogen-bond donors (Lipinski definition) is 1. The van der Waals surface area contributed by atoms with Crippen molar-refractivity contribution in [3.63, 3.8) is 0 Å².